The van der Waals surface area contributed by atoms with Gasteiger partial charge < -0.3 is 4.74 Å². The van der Waals surface area contributed by atoms with E-state index in [0.717, 1.165) is 49.2 Å². The minimum absolute atomic E-state index is 0.0203. The van der Waals surface area contributed by atoms with E-state index < -0.39 is 23.4 Å². The topological polar surface area (TPSA) is 61.9 Å². The third kappa shape index (κ3) is 7.00. The molecule has 1 aliphatic rings. The van der Waals surface area contributed by atoms with Gasteiger partial charge in [0.1, 0.15) is 5.60 Å². The summed E-state index contributed by atoms with van der Waals surface area (Å²) in [6.07, 6.45) is -2.22. The molecule has 0 bridgehead atoms. The average Bonchev–Trinajstić information content (AvgIpc) is 2.78. The monoisotopic (exact) mass is 505 g/mol. The predicted molar refractivity (Wildman–Crippen MR) is 134 cm³/mol. The summed E-state index contributed by atoms with van der Waals surface area (Å²) in [5.41, 5.74) is 1.05. The number of piperidine rings is 1. The third-order valence-corrected chi connectivity index (χ3v) is 5.92. The average molecular weight is 506 g/mol. The summed E-state index contributed by atoms with van der Waals surface area (Å²) in [4.78, 5) is 28.8. The van der Waals surface area contributed by atoms with Crippen molar-refractivity contribution >= 4 is 23.4 Å². The smallest absolute Gasteiger partial charge is 0.416 e. The summed E-state index contributed by atoms with van der Waals surface area (Å²) >= 11 is 0. The Balaban J connectivity index is 1.94. The van der Waals surface area contributed by atoms with Gasteiger partial charge >= 0.3 is 12.3 Å². The van der Waals surface area contributed by atoms with E-state index in [2.05, 4.69) is 5.32 Å². The fraction of sp³-hybridized carbons (Fsp3) is 0.481. The number of carbonyl (C=O) groups is 2. The van der Waals surface area contributed by atoms with Crippen LogP contribution in [0.3, 0.4) is 0 Å². The van der Waals surface area contributed by atoms with Gasteiger partial charge in [-0.15, -0.1) is 0 Å². The SMILES string of the molecule is CC(=O)N(c1ccc(N(Cc2ccc(C(F)(F)F)cc2)C(=O)OC(C)(C)C)cc1C)C1CCCCN1. The molecular formula is C27H34F3N3O3. The lowest BCUT2D eigenvalue weighted by atomic mass is 10.1. The van der Waals surface area contributed by atoms with Crippen LogP contribution in [0.4, 0.5) is 29.3 Å². The minimum Gasteiger partial charge on any atom is -0.443 e. The second-order valence-corrected chi connectivity index (χ2v) is 10.1. The molecule has 1 saturated heterocycles. The number of nitrogens with zero attached hydrogens (tertiary/aromatic N) is 2. The molecule has 3 rings (SSSR count). The quantitative estimate of drug-likeness (QED) is 0.510. The van der Waals surface area contributed by atoms with Crippen LogP contribution >= 0.6 is 0 Å². The van der Waals surface area contributed by atoms with E-state index in [1.807, 2.05) is 6.92 Å². The molecule has 0 aliphatic carbocycles. The van der Waals surface area contributed by atoms with Gasteiger partial charge in [-0.25, -0.2) is 4.79 Å². The third-order valence-electron chi connectivity index (χ3n) is 5.92. The number of amides is 2. The molecule has 1 aliphatic heterocycles. The molecule has 1 fully saturated rings. The highest BCUT2D eigenvalue weighted by atomic mass is 19.4. The molecule has 0 aromatic heterocycles. The van der Waals surface area contributed by atoms with Crippen molar-refractivity contribution in [3.05, 3.63) is 59.2 Å². The first-order valence-corrected chi connectivity index (χ1v) is 12.1. The van der Waals surface area contributed by atoms with Crippen molar-refractivity contribution in [1.29, 1.82) is 0 Å². The zero-order valence-electron chi connectivity index (χ0n) is 21.4. The van der Waals surface area contributed by atoms with Crippen LogP contribution in [0.15, 0.2) is 42.5 Å². The summed E-state index contributed by atoms with van der Waals surface area (Å²) in [6.45, 7) is 9.49. The van der Waals surface area contributed by atoms with Gasteiger partial charge in [-0.3, -0.25) is 19.9 Å². The van der Waals surface area contributed by atoms with Crippen molar-refractivity contribution in [2.24, 2.45) is 0 Å². The van der Waals surface area contributed by atoms with Crippen LogP contribution in [-0.2, 0) is 22.3 Å². The number of aryl methyl sites for hydroxylation is 1. The van der Waals surface area contributed by atoms with Crippen LogP contribution in [0.5, 0.6) is 0 Å². The van der Waals surface area contributed by atoms with Crippen molar-refractivity contribution in [2.75, 3.05) is 16.3 Å². The molecule has 1 unspecified atom stereocenters. The molecule has 36 heavy (non-hydrogen) atoms. The van der Waals surface area contributed by atoms with E-state index in [1.165, 1.54) is 24.0 Å². The highest BCUT2D eigenvalue weighted by Crippen LogP contribution is 2.32. The molecule has 1 N–H and O–H groups in total. The lowest BCUT2D eigenvalue weighted by molar-refractivity contribution is -0.137. The Bertz CT molecular complexity index is 1070. The van der Waals surface area contributed by atoms with E-state index in [4.69, 9.17) is 4.74 Å². The molecule has 6 nitrogen and oxygen atoms in total. The maximum atomic E-state index is 13.1. The number of ether oxygens (including phenoxy) is 1. The highest BCUT2D eigenvalue weighted by Gasteiger charge is 2.31. The first-order valence-electron chi connectivity index (χ1n) is 12.1. The largest absolute Gasteiger partial charge is 0.443 e. The predicted octanol–water partition coefficient (Wildman–Crippen LogP) is 6.41. The summed E-state index contributed by atoms with van der Waals surface area (Å²) in [7, 11) is 0. The van der Waals surface area contributed by atoms with Crippen molar-refractivity contribution in [2.45, 2.75) is 78.4 Å². The molecule has 9 heteroatoms. The number of carbonyl (C=O) groups excluding carboxylic acids is 2. The van der Waals surface area contributed by atoms with Crippen LogP contribution < -0.4 is 15.1 Å². The number of nitrogens with one attached hydrogen (secondary N) is 1. The second kappa shape index (κ2) is 10.9. The van der Waals surface area contributed by atoms with E-state index in [1.54, 1.807) is 43.9 Å². The number of anilines is 2. The molecule has 2 aromatic rings. The maximum Gasteiger partial charge on any atom is 0.416 e. The van der Waals surface area contributed by atoms with E-state index in [9.17, 15) is 22.8 Å². The molecule has 2 amide bonds. The Morgan fingerprint density at radius 2 is 1.72 bits per heavy atom. The molecule has 0 radical (unpaired) electrons. The van der Waals surface area contributed by atoms with E-state index >= 15 is 0 Å². The number of halogens is 3. The molecule has 1 atom stereocenters. The number of hydrogen-bond donors (Lipinski definition) is 1. The second-order valence-electron chi connectivity index (χ2n) is 10.1. The molecule has 0 spiro atoms. The molecule has 0 saturated carbocycles. The zero-order chi connectivity index (χ0) is 26.7. The Morgan fingerprint density at radius 1 is 1.06 bits per heavy atom. The number of alkyl halides is 3. The van der Waals surface area contributed by atoms with Crippen molar-refractivity contribution in [3.8, 4) is 0 Å². The van der Waals surface area contributed by atoms with Crippen LogP contribution in [0.25, 0.3) is 0 Å². The Kier molecular flexibility index (Phi) is 8.33. The molecule has 1 heterocycles. The van der Waals surface area contributed by atoms with Crippen molar-refractivity contribution in [1.82, 2.24) is 5.32 Å². The lowest BCUT2D eigenvalue weighted by Gasteiger charge is -2.36. The molecular weight excluding hydrogens is 471 g/mol. The number of hydrogen-bond acceptors (Lipinski definition) is 4. The standard InChI is InChI=1S/C27H34F3N3O3/c1-18-16-22(13-14-23(18)33(19(2)34)24-8-6-7-15-31-24)32(25(35)36-26(3,4)5)17-20-9-11-21(12-10-20)27(28,29)30/h9-14,16,24,31H,6-8,15,17H2,1-5H3. The highest BCUT2D eigenvalue weighted by molar-refractivity contribution is 5.94. The van der Waals surface area contributed by atoms with Gasteiger partial charge in [0.25, 0.3) is 0 Å². The first-order chi connectivity index (χ1) is 16.8. The minimum atomic E-state index is -4.44. The molecule has 2 aromatic carbocycles. The van der Waals surface area contributed by atoms with Gasteiger partial charge in [0, 0.05) is 18.3 Å². The summed E-state index contributed by atoms with van der Waals surface area (Å²) in [5, 5.41) is 3.40. The summed E-state index contributed by atoms with van der Waals surface area (Å²) in [6, 6.07) is 10.0. The number of rotatable bonds is 5. The molecule has 196 valence electrons. The first kappa shape index (κ1) is 27.5. The summed E-state index contributed by atoms with van der Waals surface area (Å²) < 4.78 is 44.5. The summed E-state index contributed by atoms with van der Waals surface area (Å²) in [5.74, 6) is -0.0843. The fourth-order valence-corrected chi connectivity index (χ4v) is 4.25. The van der Waals surface area contributed by atoms with Crippen LogP contribution in [0.2, 0.25) is 0 Å². The van der Waals surface area contributed by atoms with Crippen LogP contribution in [-0.4, -0.2) is 30.3 Å². The normalized spacial score (nSPS) is 16.4. The lowest BCUT2D eigenvalue weighted by Crippen LogP contribution is -2.50. The maximum absolute atomic E-state index is 13.1. The van der Waals surface area contributed by atoms with Crippen LogP contribution in [0, 0.1) is 6.92 Å². The number of benzene rings is 2. The Labute approximate surface area is 210 Å². The van der Waals surface area contributed by atoms with Gasteiger partial charge in [0.05, 0.1) is 18.3 Å². The van der Waals surface area contributed by atoms with Gasteiger partial charge in [-0.1, -0.05) is 12.1 Å². The van der Waals surface area contributed by atoms with Gasteiger partial charge in [0.2, 0.25) is 5.91 Å². The van der Waals surface area contributed by atoms with Crippen molar-refractivity contribution in [3.63, 3.8) is 0 Å². The van der Waals surface area contributed by atoms with E-state index in [-0.39, 0.29) is 18.6 Å². The van der Waals surface area contributed by atoms with Gasteiger partial charge in [-0.2, -0.15) is 13.2 Å². The Morgan fingerprint density at radius 3 is 2.22 bits per heavy atom. The van der Waals surface area contributed by atoms with Crippen LogP contribution in [0.1, 0.15) is 63.6 Å². The van der Waals surface area contributed by atoms with Gasteiger partial charge in [0.15, 0.2) is 0 Å². The van der Waals surface area contributed by atoms with E-state index in [0.29, 0.717) is 11.3 Å². The zero-order valence-corrected chi connectivity index (χ0v) is 21.4. The van der Waals surface area contributed by atoms with Gasteiger partial charge in [-0.05, 0) is 95.0 Å². The fourth-order valence-electron chi connectivity index (χ4n) is 4.25. The Hall–Kier alpha value is -3.07. The van der Waals surface area contributed by atoms with Crippen molar-refractivity contribution < 1.29 is 27.5 Å².